The summed E-state index contributed by atoms with van der Waals surface area (Å²) in [7, 11) is 4.55. The second kappa shape index (κ2) is 10.3. The number of rotatable bonds is 8. The number of hydrogen-bond acceptors (Lipinski definition) is 5. The first-order valence-electron chi connectivity index (χ1n) is 10.6. The van der Waals surface area contributed by atoms with Crippen molar-refractivity contribution < 1.29 is 19.4 Å². The van der Waals surface area contributed by atoms with Gasteiger partial charge in [0, 0.05) is 48.3 Å². The molecule has 4 aromatic rings. The third-order valence-corrected chi connectivity index (χ3v) is 7.45. The number of carbonyl (C=O) groups is 1. The molecule has 1 unspecified atom stereocenters. The quantitative estimate of drug-likeness (QED) is 0.200. The zero-order valence-corrected chi connectivity index (χ0v) is 22.3. The molecular formula is C26H25IN2O4S. The molecule has 0 radical (unpaired) electrons. The van der Waals surface area contributed by atoms with Crippen LogP contribution < -0.4 is 9.47 Å². The largest absolute Gasteiger partial charge is 0.496 e. The van der Waals surface area contributed by atoms with Crippen LogP contribution in [0.15, 0.2) is 67.0 Å². The Morgan fingerprint density at radius 2 is 1.65 bits per heavy atom. The molecule has 0 saturated heterocycles. The van der Waals surface area contributed by atoms with Gasteiger partial charge >= 0.3 is 0 Å². The second-order valence-electron chi connectivity index (χ2n) is 7.93. The van der Waals surface area contributed by atoms with Crippen LogP contribution in [0, 0.1) is 13.8 Å². The fourth-order valence-electron chi connectivity index (χ4n) is 4.03. The summed E-state index contributed by atoms with van der Waals surface area (Å²) in [5.41, 5.74) is 4.97. The number of ether oxygens (including phenoxy) is 2. The molecule has 0 bridgehead atoms. The summed E-state index contributed by atoms with van der Waals surface area (Å²) in [6, 6.07) is 16.8. The molecule has 2 aromatic carbocycles. The van der Waals surface area contributed by atoms with E-state index in [1.54, 1.807) is 20.3 Å². The van der Waals surface area contributed by atoms with Crippen molar-refractivity contribution in [3.05, 3.63) is 101 Å². The van der Waals surface area contributed by atoms with E-state index in [-0.39, 0.29) is 5.78 Å². The number of hydrogen-bond donors (Lipinski definition) is 1. The summed E-state index contributed by atoms with van der Waals surface area (Å²) in [5, 5.41) is 11.3. The van der Waals surface area contributed by atoms with Gasteiger partial charge in [-0.05, 0) is 61.4 Å². The van der Waals surface area contributed by atoms with Crippen molar-refractivity contribution in [2.45, 2.75) is 20.0 Å². The van der Waals surface area contributed by atoms with Gasteiger partial charge in [0.15, 0.2) is 0 Å². The van der Waals surface area contributed by atoms with E-state index >= 15 is 0 Å². The van der Waals surface area contributed by atoms with Crippen LogP contribution in [-0.4, -0.2) is 33.6 Å². The van der Waals surface area contributed by atoms with Gasteiger partial charge in [0.2, 0.25) is 5.78 Å². The molecule has 6 nitrogen and oxygen atoms in total. The number of aryl methyl sites for hydroxylation is 2. The third kappa shape index (κ3) is 4.49. The molecule has 0 fully saturated rings. The van der Waals surface area contributed by atoms with Crippen LogP contribution in [0.4, 0.5) is 0 Å². The number of aromatic nitrogens is 2. The van der Waals surface area contributed by atoms with Crippen LogP contribution in [0.5, 0.6) is 11.5 Å². The molecule has 8 heteroatoms. The summed E-state index contributed by atoms with van der Waals surface area (Å²) < 4.78 is 14.7. The van der Waals surface area contributed by atoms with Crippen LogP contribution in [-0.2, 0) is 0 Å². The standard InChI is InChI=1S/C26H25IN2O4S/c1-16-7-9-18(22(14-16)32-3)25(30)21-6-5-12-28(21)20-11-13-29(34-27)24(20)26(31)19-10-8-17(2)15-23(19)33-4/h5-15,25,30H,1-4H3. The number of aliphatic hydroxyl groups is 1. The zero-order valence-electron chi connectivity index (χ0n) is 19.3. The normalized spacial score (nSPS) is 11.9. The number of ketones is 1. The Balaban J connectivity index is 1.83. The maximum Gasteiger partial charge on any atom is 0.216 e. The van der Waals surface area contributed by atoms with Crippen LogP contribution in [0.25, 0.3) is 5.69 Å². The molecule has 0 aliphatic heterocycles. The van der Waals surface area contributed by atoms with Crippen molar-refractivity contribution in [2.24, 2.45) is 0 Å². The summed E-state index contributed by atoms with van der Waals surface area (Å²) in [6.45, 7) is 3.93. The molecule has 176 valence electrons. The maximum atomic E-state index is 13.8. The van der Waals surface area contributed by atoms with E-state index in [1.807, 2.05) is 83.3 Å². The number of benzene rings is 2. The maximum absolute atomic E-state index is 13.8. The number of nitrogens with zero attached hydrogens (tertiary/aromatic N) is 2. The fourth-order valence-corrected chi connectivity index (χ4v) is 5.36. The van der Waals surface area contributed by atoms with Crippen molar-refractivity contribution in [3.63, 3.8) is 0 Å². The van der Waals surface area contributed by atoms with Crippen molar-refractivity contribution in [3.8, 4) is 17.2 Å². The van der Waals surface area contributed by atoms with Crippen LogP contribution >= 0.6 is 30.3 Å². The molecule has 34 heavy (non-hydrogen) atoms. The predicted octanol–water partition coefficient (Wildman–Crippen LogP) is 6.07. The number of aliphatic hydroxyl groups excluding tert-OH is 1. The van der Waals surface area contributed by atoms with Crippen molar-refractivity contribution in [1.29, 1.82) is 0 Å². The topological polar surface area (TPSA) is 65.6 Å². The van der Waals surface area contributed by atoms with E-state index in [0.717, 1.165) is 11.1 Å². The Kier molecular flexibility index (Phi) is 7.39. The molecular weight excluding hydrogens is 563 g/mol. The van der Waals surface area contributed by atoms with E-state index in [1.165, 1.54) is 9.12 Å². The number of carbonyl (C=O) groups excluding carboxylic acids is 1. The molecule has 4 rings (SSSR count). The Morgan fingerprint density at radius 1 is 0.971 bits per heavy atom. The summed E-state index contributed by atoms with van der Waals surface area (Å²) in [4.78, 5) is 13.8. The lowest BCUT2D eigenvalue weighted by Gasteiger charge is -2.19. The van der Waals surface area contributed by atoms with Gasteiger partial charge in [-0.3, -0.25) is 8.77 Å². The van der Waals surface area contributed by atoms with Crippen molar-refractivity contribution in [2.75, 3.05) is 14.2 Å². The first-order valence-corrected chi connectivity index (χ1v) is 13.9. The van der Waals surface area contributed by atoms with Gasteiger partial charge in [-0.25, -0.2) is 0 Å². The average molecular weight is 588 g/mol. The predicted molar refractivity (Wildman–Crippen MR) is 144 cm³/mol. The van der Waals surface area contributed by atoms with E-state index in [9.17, 15) is 9.90 Å². The van der Waals surface area contributed by atoms with Gasteiger partial charge in [0.05, 0.1) is 31.2 Å². The molecule has 0 spiro atoms. The summed E-state index contributed by atoms with van der Waals surface area (Å²) >= 11 is 2.15. The minimum absolute atomic E-state index is 0.164. The molecule has 2 aromatic heterocycles. The summed E-state index contributed by atoms with van der Waals surface area (Å²) in [6.07, 6.45) is 2.75. The lowest BCUT2D eigenvalue weighted by atomic mass is 10.0. The molecule has 1 atom stereocenters. The molecule has 1 N–H and O–H groups in total. The third-order valence-electron chi connectivity index (χ3n) is 5.73. The van der Waals surface area contributed by atoms with Crippen LogP contribution in [0.1, 0.15) is 44.5 Å². The van der Waals surface area contributed by atoms with Gasteiger partial charge in [-0.15, -0.1) is 0 Å². The Morgan fingerprint density at radius 3 is 2.32 bits per heavy atom. The Labute approximate surface area is 215 Å². The highest BCUT2D eigenvalue weighted by atomic mass is 127. The van der Waals surface area contributed by atoms with Gasteiger partial charge in [-0.2, -0.15) is 0 Å². The lowest BCUT2D eigenvalue weighted by molar-refractivity contribution is 0.103. The van der Waals surface area contributed by atoms with Crippen molar-refractivity contribution >= 4 is 36.1 Å². The highest BCUT2D eigenvalue weighted by molar-refractivity contribution is 14.2. The smallest absolute Gasteiger partial charge is 0.216 e. The Bertz CT molecular complexity index is 1340. The molecule has 0 aliphatic carbocycles. The average Bonchev–Trinajstić information content (AvgIpc) is 3.49. The Hall–Kier alpha value is -2.69. The fraction of sp³-hybridized carbons (Fsp3) is 0.192. The minimum Gasteiger partial charge on any atom is -0.496 e. The highest BCUT2D eigenvalue weighted by Crippen LogP contribution is 2.35. The lowest BCUT2D eigenvalue weighted by Crippen LogP contribution is -2.13. The molecule has 0 amide bonds. The van der Waals surface area contributed by atoms with Crippen molar-refractivity contribution in [1.82, 2.24) is 8.54 Å². The molecule has 0 saturated carbocycles. The first kappa shape index (κ1) is 24.4. The summed E-state index contributed by atoms with van der Waals surface area (Å²) in [5.74, 6) is 0.976. The SMILES string of the molecule is COc1cc(C)ccc1C(=O)c1c(-n2cccc2C(O)c2ccc(C)cc2OC)ccn1SI. The van der Waals surface area contributed by atoms with Crippen LogP contribution in [0.3, 0.4) is 0 Å². The highest BCUT2D eigenvalue weighted by Gasteiger charge is 2.26. The molecule has 2 heterocycles. The van der Waals surface area contributed by atoms with Gasteiger partial charge in [0.1, 0.15) is 23.3 Å². The van der Waals surface area contributed by atoms with Crippen LogP contribution in [0.2, 0.25) is 0 Å². The minimum atomic E-state index is -0.946. The van der Waals surface area contributed by atoms with Gasteiger partial charge in [0.25, 0.3) is 0 Å². The van der Waals surface area contributed by atoms with E-state index in [0.29, 0.717) is 39.7 Å². The van der Waals surface area contributed by atoms with E-state index in [2.05, 4.69) is 21.2 Å². The van der Waals surface area contributed by atoms with Gasteiger partial charge in [-0.1, -0.05) is 18.2 Å². The zero-order chi connectivity index (χ0) is 24.4. The van der Waals surface area contributed by atoms with E-state index in [4.69, 9.17) is 9.47 Å². The number of halogens is 1. The number of methoxy groups -OCH3 is 2. The molecule has 0 aliphatic rings. The van der Waals surface area contributed by atoms with Gasteiger partial charge < -0.3 is 19.1 Å². The monoisotopic (exact) mass is 588 g/mol. The first-order chi connectivity index (χ1) is 16.4. The van der Waals surface area contributed by atoms with E-state index < -0.39 is 6.10 Å². The second-order valence-corrected chi connectivity index (χ2v) is 9.64.